The molecule has 0 saturated carbocycles. The molecular weight excluding hydrogens is 288 g/mol. The minimum absolute atomic E-state index is 0.735. The third-order valence-electron chi connectivity index (χ3n) is 3.88. The summed E-state index contributed by atoms with van der Waals surface area (Å²) in [5.74, 6) is 0.800. The number of aryl methyl sites for hydroxylation is 1. The van der Waals surface area contributed by atoms with Crippen LogP contribution in [0.3, 0.4) is 0 Å². The van der Waals surface area contributed by atoms with Gasteiger partial charge in [-0.3, -0.25) is 4.98 Å². The van der Waals surface area contributed by atoms with E-state index in [1.165, 1.54) is 10.9 Å². The molecule has 0 spiro atoms. The normalized spacial score (nSPS) is 11.0. The Balaban J connectivity index is 1.58. The van der Waals surface area contributed by atoms with Gasteiger partial charge in [0.25, 0.3) is 0 Å². The van der Waals surface area contributed by atoms with Crippen LogP contribution < -0.4 is 5.32 Å². The number of aromatic nitrogens is 5. The van der Waals surface area contributed by atoms with Crippen molar-refractivity contribution in [1.82, 2.24) is 24.7 Å². The first kappa shape index (κ1) is 13.5. The van der Waals surface area contributed by atoms with E-state index in [4.69, 9.17) is 0 Å². The quantitative estimate of drug-likeness (QED) is 0.608. The Morgan fingerprint density at radius 3 is 3.04 bits per heavy atom. The predicted octanol–water partition coefficient (Wildman–Crippen LogP) is 2.97. The Kier molecular flexibility index (Phi) is 3.27. The van der Waals surface area contributed by atoms with Crippen LogP contribution in [0.4, 0.5) is 5.69 Å². The van der Waals surface area contributed by atoms with E-state index in [0.717, 1.165) is 29.1 Å². The number of hydrogen-bond acceptors (Lipinski definition) is 4. The van der Waals surface area contributed by atoms with Gasteiger partial charge in [0.15, 0.2) is 5.82 Å². The molecule has 1 aromatic carbocycles. The number of fused-ring (bicyclic) bond motifs is 1. The standard InChI is InChI=1S/C17H16N6/c1-23-11-21-22-17(23)13-7-14(10-18-8-13)20-9-12-3-2-4-16-15(12)5-6-19-16/h2-8,10-11,19-20H,9H2,1H3. The molecule has 0 aliphatic heterocycles. The van der Waals surface area contributed by atoms with Crippen LogP contribution in [-0.2, 0) is 13.6 Å². The Hall–Kier alpha value is -3.15. The third-order valence-corrected chi connectivity index (χ3v) is 3.88. The van der Waals surface area contributed by atoms with Gasteiger partial charge in [-0.2, -0.15) is 0 Å². The fourth-order valence-corrected chi connectivity index (χ4v) is 2.71. The Morgan fingerprint density at radius 2 is 2.17 bits per heavy atom. The van der Waals surface area contributed by atoms with Crippen LogP contribution in [-0.4, -0.2) is 24.7 Å². The summed E-state index contributed by atoms with van der Waals surface area (Å²) in [6.07, 6.45) is 7.26. The minimum atomic E-state index is 0.735. The van der Waals surface area contributed by atoms with Crippen molar-refractivity contribution in [2.45, 2.75) is 6.54 Å². The molecule has 0 amide bonds. The molecule has 114 valence electrons. The summed E-state index contributed by atoms with van der Waals surface area (Å²) in [6.45, 7) is 0.735. The lowest BCUT2D eigenvalue weighted by Crippen LogP contribution is -2.01. The lowest BCUT2D eigenvalue weighted by atomic mass is 10.1. The zero-order valence-corrected chi connectivity index (χ0v) is 12.7. The average Bonchev–Trinajstić information content (AvgIpc) is 3.22. The number of pyridine rings is 1. The van der Waals surface area contributed by atoms with Gasteiger partial charge in [0.05, 0.1) is 5.69 Å². The molecule has 3 aromatic heterocycles. The van der Waals surface area contributed by atoms with Crippen LogP contribution in [0.1, 0.15) is 5.56 Å². The Bertz CT molecular complexity index is 952. The molecule has 6 heteroatoms. The highest BCUT2D eigenvalue weighted by atomic mass is 15.2. The second kappa shape index (κ2) is 5.57. The van der Waals surface area contributed by atoms with E-state index in [1.54, 1.807) is 12.5 Å². The average molecular weight is 304 g/mol. The number of hydrogen-bond donors (Lipinski definition) is 2. The fraction of sp³-hybridized carbons (Fsp3) is 0.118. The zero-order chi connectivity index (χ0) is 15.6. The van der Waals surface area contributed by atoms with Gasteiger partial charge in [0.1, 0.15) is 6.33 Å². The van der Waals surface area contributed by atoms with Crippen molar-refractivity contribution in [2.75, 3.05) is 5.32 Å². The molecule has 6 nitrogen and oxygen atoms in total. The monoisotopic (exact) mass is 304 g/mol. The summed E-state index contributed by atoms with van der Waals surface area (Å²) in [4.78, 5) is 7.53. The van der Waals surface area contributed by atoms with E-state index in [1.807, 2.05) is 30.1 Å². The first-order valence-corrected chi connectivity index (χ1v) is 7.39. The second-order valence-corrected chi connectivity index (χ2v) is 5.44. The summed E-state index contributed by atoms with van der Waals surface area (Å²) in [5.41, 5.74) is 4.29. The first-order chi connectivity index (χ1) is 11.3. The van der Waals surface area contributed by atoms with Crippen molar-refractivity contribution in [3.8, 4) is 11.4 Å². The van der Waals surface area contributed by atoms with E-state index in [0.29, 0.717) is 0 Å². The van der Waals surface area contributed by atoms with Gasteiger partial charge in [0.2, 0.25) is 0 Å². The topological polar surface area (TPSA) is 71.4 Å². The molecule has 23 heavy (non-hydrogen) atoms. The van der Waals surface area contributed by atoms with Gasteiger partial charge in [0, 0.05) is 48.6 Å². The summed E-state index contributed by atoms with van der Waals surface area (Å²) in [5, 5.41) is 12.7. The van der Waals surface area contributed by atoms with Crippen LogP contribution >= 0.6 is 0 Å². The molecule has 0 aliphatic rings. The molecule has 4 rings (SSSR count). The van der Waals surface area contributed by atoms with Crippen LogP contribution in [0.5, 0.6) is 0 Å². The molecule has 4 aromatic rings. The molecule has 3 heterocycles. The van der Waals surface area contributed by atoms with Crippen LogP contribution in [0.15, 0.2) is 55.2 Å². The van der Waals surface area contributed by atoms with Gasteiger partial charge >= 0.3 is 0 Å². The van der Waals surface area contributed by atoms with Gasteiger partial charge in [-0.05, 0) is 23.8 Å². The number of aromatic amines is 1. The Morgan fingerprint density at radius 1 is 1.22 bits per heavy atom. The number of nitrogens with zero attached hydrogens (tertiary/aromatic N) is 4. The van der Waals surface area contributed by atoms with Crippen LogP contribution in [0.2, 0.25) is 0 Å². The van der Waals surface area contributed by atoms with E-state index in [2.05, 4.69) is 49.7 Å². The van der Waals surface area contributed by atoms with E-state index in [-0.39, 0.29) is 0 Å². The number of anilines is 1. The first-order valence-electron chi connectivity index (χ1n) is 7.39. The van der Waals surface area contributed by atoms with Gasteiger partial charge in [-0.25, -0.2) is 0 Å². The van der Waals surface area contributed by atoms with Crippen molar-refractivity contribution >= 4 is 16.6 Å². The largest absolute Gasteiger partial charge is 0.380 e. The maximum atomic E-state index is 4.30. The fourth-order valence-electron chi connectivity index (χ4n) is 2.71. The molecular formula is C17H16N6. The van der Waals surface area contributed by atoms with Crippen molar-refractivity contribution < 1.29 is 0 Å². The number of nitrogens with one attached hydrogen (secondary N) is 2. The summed E-state index contributed by atoms with van der Waals surface area (Å²) < 4.78 is 1.88. The maximum absolute atomic E-state index is 4.30. The van der Waals surface area contributed by atoms with E-state index >= 15 is 0 Å². The van der Waals surface area contributed by atoms with Gasteiger partial charge in [-0.1, -0.05) is 12.1 Å². The highest BCUT2D eigenvalue weighted by Gasteiger charge is 2.06. The van der Waals surface area contributed by atoms with Crippen molar-refractivity contribution in [3.05, 3.63) is 60.8 Å². The highest BCUT2D eigenvalue weighted by Crippen LogP contribution is 2.21. The Labute approximate surface area is 133 Å². The number of benzene rings is 1. The zero-order valence-electron chi connectivity index (χ0n) is 12.7. The van der Waals surface area contributed by atoms with Gasteiger partial charge < -0.3 is 14.9 Å². The van der Waals surface area contributed by atoms with E-state index < -0.39 is 0 Å². The molecule has 0 atom stereocenters. The SMILES string of the molecule is Cn1cnnc1-c1cncc(NCc2cccc3[nH]ccc23)c1. The third kappa shape index (κ3) is 2.55. The van der Waals surface area contributed by atoms with Crippen LogP contribution in [0.25, 0.3) is 22.3 Å². The minimum Gasteiger partial charge on any atom is -0.380 e. The summed E-state index contributed by atoms with van der Waals surface area (Å²) in [6, 6.07) is 10.4. The summed E-state index contributed by atoms with van der Waals surface area (Å²) in [7, 11) is 1.92. The molecule has 0 aliphatic carbocycles. The van der Waals surface area contributed by atoms with Crippen LogP contribution in [0, 0.1) is 0 Å². The summed E-state index contributed by atoms with van der Waals surface area (Å²) >= 11 is 0. The smallest absolute Gasteiger partial charge is 0.165 e. The number of rotatable bonds is 4. The number of H-pyrrole nitrogens is 1. The molecule has 2 N–H and O–H groups in total. The molecule has 0 radical (unpaired) electrons. The van der Waals surface area contributed by atoms with E-state index in [9.17, 15) is 0 Å². The molecule has 0 fully saturated rings. The van der Waals surface area contributed by atoms with Gasteiger partial charge in [-0.15, -0.1) is 10.2 Å². The highest BCUT2D eigenvalue weighted by molar-refractivity contribution is 5.83. The lowest BCUT2D eigenvalue weighted by Gasteiger charge is -2.09. The molecule has 0 unspecified atom stereocenters. The predicted molar refractivity (Wildman–Crippen MR) is 89.9 cm³/mol. The molecule has 0 bridgehead atoms. The van der Waals surface area contributed by atoms with Crippen molar-refractivity contribution in [1.29, 1.82) is 0 Å². The van der Waals surface area contributed by atoms with Crippen molar-refractivity contribution in [2.24, 2.45) is 7.05 Å². The second-order valence-electron chi connectivity index (χ2n) is 5.44. The molecule has 0 saturated heterocycles. The van der Waals surface area contributed by atoms with Crippen molar-refractivity contribution in [3.63, 3.8) is 0 Å². The maximum Gasteiger partial charge on any atom is 0.165 e. The lowest BCUT2D eigenvalue weighted by molar-refractivity contribution is 0.918.